The lowest BCUT2D eigenvalue weighted by molar-refractivity contribution is -0.149. The largest absolute Gasteiger partial charge is 0.453 e. The van der Waals surface area contributed by atoms with E-state index >= 15 is 0 Å². The fraction of sp³-hybridized carbons (Fsp3) is 0.250. The van der Waals surface area contributed by atoms with E-state index in [9.17, 15) is 4.79 Å². The van der Waals surface area contributed by atoms with Crippen LogP contribution in [0.3, 0.4) is 0 Å². The van der Waals surface area contributed by atoms with Crippen LogP contribution in [0.1, 0.15) is 25.0 Å². The van der Waals surface area contributed by atoms with E-state index in [0.717, 1.165) is 35.7 Å². The molecule has 1 saturated heterocycles. The fourth-order valence-corrected chi connectivity index (χ4v) is 3.78. The van der Waals surface area contributed by atoms with Crippen LogP contribution in [-0.2, 0) is 19.0 Å². The number of hydrogen-bond acceptors (Lipinski definition) is 5. The molecule has 0 aromatic heterocycles. The van der Waals surface area contributed by atoms with Crippen molar-refractivity contribution in [2.75, 3.05) is 26.3 Å². The molecule has 4 rings (SSSR count). The summed E-state index contributed by atoms with van der Waals surface area (Å²) in [5, 5.41) is 0. The van der Waals surface area contributed by atoms with Gasteiger partial charge in [0.15, 0.2) is 5.78 Å². The van der Waals surface area contributed by atoms with Crippen LogP contribution in [0.4, 0.5) is 0 Å². The summed E-state index contributed by atoms with van der Waals surface area (Å²) < 4.78 is 17.4. The van der Waals surface area contributed by atoms with Crippen LogP contribution < -0.4 is 0 Å². The molecule has 2 aliphatic rings. The first-order chi connectivity index (χ1) is 16.0. The minimum Gasteiger partial charge on any atom is -0.453 e. The first-order valence-electron chi connectivity index (χ1n) is 11.2. The molecule has 1 fully saturated rings. The molecule has 2 aliphatic heterocycles. The highest BCUT2D eigenvalue weighted by molar-refractivity contribution is 6.04. The molecule has 2 aromatic rings. The Morgan fingerprint density at radius 3 is 2.30 bits per heavy atom. The number of morpholine rings is 1. The Kier molecular flexibility index (Phi) is 7.10. The highest BCUT2D eigenvalue weighted by atomic mass is 16.7. The lowest BCUT2D eigenvalue weighted by Crippen LogP contribution is -2.35. The summed E-state index contributed by atoms with van der Waals surface area (Å²) in [6.07, 6.45) is 8.59. The van der Waals surface area contributed by atoms with Crippen LogP contribution in [-0.4, -0.2) is 42.8 Å². The van der Waals surface area contributed by atoms with E-state index in [-0.39, 0.29) is 5.78 Å². The third kappa shape index (κ3) is 6.24. The summed E-state index contributed by atoms with van der Waals surface area (Å²) in [6.45, 7) is 6.57. The van der Waals surface area contributed by atoms with Gasteiger partial charge in [0.2, 0.25) is 5.79 Å². The normalized spacial score (nSPS) is 19.7. The van der Waals surface area contributed by atoms with E-state index in [1.165, 1.54) is 0 Å². The summed E-state index contributed by atoms with van der Waals surface area (Å²) in [5.41, 5.74) is 2.90. The second-order valence-electron chi connectivity index (χ2n) is 8.30. The van der Waals surface area contributed by atoms with Gasteiger partial charge in [0, 0.05) is 50.3 Å². The Hall–Kier alpha value is -3.57. The van der Waals surface area contributed by atoms with Gasteiger partial charge in [-0.1, -0.05) is 66.7 Å². The third-order valence-electron chi connectivity index (χ3n) is 5.27. The number of ether oxygens (including phenoxy) is 3. The molecule has 33 heavy (non-hydrogen) atoms. The highest BCUT2D eigenvalue weighted by Crippen LogP contribution is 2.32. The number of carbonyl (C=O) groups is 1. The van der Waals surface area contributed by atoms with Crippen LogP contribution in [0.5, 0.6) is 0 Å². The number of rotatable bonds is 6. The summed E-state index contributed by atoms with van der Waals surface area (Å²) >= 11 is 0. The Morgan fingerprint density at radius 1 is 0.939 bits per heavy atom. The predicted molar refractivity (Wildman–Crippen MR) is 130 cm³/mol. The van der Waals surface area contributed by atoms with Crippen molar-refractivity contribution in [3.8, 4) is 0 Å². The zero-order valence-electron chi connectivity index (χ0n) is 19.1. The number of allylic oxidation sites excluding steroid dienone is 5. The quantitative estimate of drug-likeness (QED) is 0.575. The van der Waals surface area contributed by atoms with E-state index < -0.39 is 5.79 Å². The number of benzene rings is 2. The Labute approximate surface area is 195 Å². The molecule has 0 saturated carbocycles. The van der Waals surface area contributed by atoms with Gasteiger partial charge in [0.25, 0.3) is 0 Å². The van der Waals surface area contributed by atoms with E-state index in [2.05, 4.69) is 4.90 Å². The van der Waals surface area contributed by atoms with Gasteiger partial charge >= 0.3 is 0 Å². The Bertz CT molecular complexity index is 1080. The van der Waals surface area contributed by atoms with Crippen molar-refractivity contribution < 1.29 is 19.0 Å². The average molecular weight is 444 g/mol. The van der Waals surface area contributed by atoms with Gasteiger partial charge in [-0.3, -0.25) is 4.79 Å². The Balaban J connectivity index is 1.54. The summed E-state index contributed by atoms with van der Waals surface area (Å²) in [6, 6.07) is 19.9. The topological polar surface area (TPSA) is 48.0 Å². The fourth-order valence-electron chi connectivity index (χ4n) is 3.78. The van der Waals surface area contributed by atoms with Crippen LogP contribution in [0, 0.1) is 0 Å². The van der Waals surface area contributed by atoms with Crippen molar-refractivity contribution in [3.05, 3.63) is 108 Å². The van der Waals surface area contributed by atoms with Crippen LogP contribution in [0.2, 0.25) is 0 Å². The van der Waals surface area contributed by atoms with Gasteiger partial charge in [0.1, 0.15) is 11.5 Å². The lowest BCUT2D eigenvalue weighted by atomic mass is 10.1. The average Bonchev–Trinajstić information content (AvgIpc) is 2.83. The minimum atomic E-state index is -0.805. The second-order valence-corrected chi connectivity index (χ2v) is 8.30. The molecule has 0 aliphatic carbocycles. The number of nitrogens with zero attached hydrogens (tertiary/aromatic N) is 1. The molecular weight excluding hydrogens is 414 g/mol. The SMILES string of the molecule is CC1(C)OC(=CC=CC(=O)C=C(c2ccccc2)N2CCOCC2)C=C(c2ccccc2)O1. The standard InChI is InChI=1S/C28H29NO4/c1-28(2)32-25(21-27(33-28)23-12-7-4-8-13-23)15-9-14-24(30)20-26(22-10-5-3-6-11-22)29-16-18-31-19-17-29/h3-15,20-21H,16-19H2,1-2H3. The van der Waals surface area contributed by atoms with Crippen molar-refractivity contribution in [2.24, 2.45) is 0 Å². The molecule has 5 nitrogen and oxygen atoms in total. The monoisotopic (exact) mass is 443 g/mol. The van der Waals surface area contributed by atoms with E-state index in [4.69, 9.17) is 14.2 Å². The smallest absolute Gasteiger partial charge is 0.245 e. The van der Waals surface area contributed by atoms with Crippen molar-refractivity contribution in [3.63, 3.8) is 0 Å². The first-order valence-corrected chi connectivity index (χ1v) is 11.2. The molecule has 0 unspecified atom stereocenters. The van der Waals surface area contributed by atoms with E-state index in [0.29, 0.717) is 19.0 Å². The van der Waals surface area contributed by atoms with Gasteiger partial charge in [-0.2, -0.15) is 0 Å². The molecule has 5 heteroatoms. The lowest BCUT2D eigenvalue weighted by Gasteiger charge is -2.33. The molecule has 0 bridgehead atoms. The zero-order valence-corrected chi connectivity index (χ0v) is 19.1. The van der Waals surface area contributed by atoms with Crippen LogP contribution in [0.15, 0.2) is 96.8 Å². The maximum Gasteiger partial charge on any atom is 0.245 e. The van der Waals surface area contributed by atoms with Gasteiger partial charge in [0.05, 0.1) is 13.2 Å². The first kappa shape index (κ1) is 22.6. The number of hydrogen-bond donors (Lipinski definition) is 0. The third-order valence-corrected chi connectivity index (χ3v) is 5.27. The molecule has 0 spiro atoms. The van der Waals surface area contributed by atoms with E-state index in [1.54, 1.807) is 24.3 Å². The van der Waals surface area contributed by atoms with Crippen molar-refractivity contribution in [2.45, 2.75) is 19.6 Å². The molecular formula is C28H29NO4. The van der Waals surface area contributed by atoms with Crippen LogP contribution in [0.25, 0.3) is 11.5 Å². The molecule has 2 aromatic carbocycles. The number of ketones is 1. The predicted octanol–water partition coefficient (Wildman–Crippen LogP) is 5.19. The molecule has 0 radical (unpaired) electrons. The minimum absolute atomic E-state index is 0.0872. The van der Waals surface area contributed by atoms with Crippen molar-refractivity contribution in [1.82, 2.24) is 4.90 Å². The van der Waals surface area contributed by atoms with Crippen LogP contribution >= 0.6 is 0 Å². The van der Waals surface area contributed by atoms with Gasteiger partial charge < -0.3 is 19.1 Å². The maximum absolute atomic E-state index is 12.8. The van der Waals surface area contributed by atoms with Crippen molar-refractivity contribution in [1.29, 1.82) is 0 Å². The van der Waals surface area contributed by atoms with E-state index in [1.807, 2.05) is 80.6 Å². The summed E-state index contributed by atoms with van der Waals surface area (Å²) in [5.74, 6) is 0.474. The maximum atomic E-state index is 12.8. The molecule has 0 atom stereocenters. The highest BCUT2D eigenvalue weighted by Gasteiger charge is 2.28. The summed E-state index contributed by atoms with van der Waals surface area (Å²) in [7, 11) is 0. The van der Waals surface area contributed by atoms with Gasteiger partial charge in [-0.25, -0.2) is 0 Å². The van der Waals surface area contributed by atoms with Gasteiger partial charge in [-0.05, 0) is 17.7 Å². The molecule has 2 heterocycles. The van der Waals surface area contributed by atoms with Gasteiger partial charge in [-0.15, -0.1) is 0 Å². The molecule has 0 N–H and O–H groups in total. The molecule has 170 valence electrons. The van der Waals surface area contributed by atoms with Crippen molar-refractivity contribution >= 4 is 17.2 Å². The number of carbonyl (C=O) groups excluding carboxylic acids is 1. The summed E-state index contributed by atoms with van der Waals surface area (Å²) in [4.78, 5) is 15.0. The zero-order chi connectivity index (χ0) is 23.1. The molecule has 0 amide bonds. The second kappa shape index (κ2) is 10.4. The Morgan fingerprint density at radius 2 is 1.61 bits per heavy atom.